The van der Waals surface area contributed by atoms with Crippen LogP contribution in [0.2, 0.25) is 0 Å². The minimum Gasteiger partial charge on any atom is -0.496 e. The van der Waals surface area contributed by atoms with Gasteiger partial charge in [0.1, 0.15) is 5.75 Å². The van der Waals surface area contributed by atoms with Gasteiger partial charge in [-0.3, -0.25) is 0 Å². The summed E-state index contributed by atoms with van der Waals surface area (Å²) in [4.78, 5) is 3.84. The van der Waals surface area contributed by atoms with Crippen LogP contribution in [0.1, 0.15) is 5.56 Å². The van der Waals surface area contributed by atoms with E-state index in [9.17, 15) is 8.42 Å². The van der Waals surface area contributed by atoms with Crippen LogP contribution in [0.5, 0.6) is 5.75 Å². The SMILES string of the molecule is COc1ccc(C)cc1-c1n[nH]c(S(N)(=O)=O)n1. The third-order valence-corrected chi connectivity index (χ3v) is 3.05. The van der Waals surface area contributed by atoms with Crippen LogP contribution in [0.25, 0.3) is 11.4 Å². The van der Waals surface area contributed by atoms with Crippen LogP contribution < -0.4 is 9.88 Å². The zero-order valence-corrected chi connectivity index (χ0v) is 10.7. The van der Waals surface area contributed by atoms with E-state index in [1.807, 2.05) is 13.0 Å². The van der Waals surface area contributed by atoms with Gasteiger partial charge in [0.2, 0.25) is 0 Å². The van der Waals surface area contributed by atoms with E-state index in [1.165, 1.54) is 7.11 Å². The highest BCUT2D eigenvalue weighted by Crippen LogP contribution is 2.28. The van der Waals surface area contributed by atoms with Gasteiger partial charge in [0, 0.05) is 0 Å². The second-order valence-electron chi connectivity index (χ2n) is 3.71. The molecule has 2 aromatic rings. The van der Waals surface area contributed by atoms with Gasteiger partial charge in [0.15, 0.2) is 5.82 Å². The number of H-pyrrole nitrogens is 1. The van der Waals surface area contributed by atoms with Crippen molar-refractivity contribution in [3.05, 3.63) is 23.8 Å². The van der Waals surface area contributed by atoms with Gasteiger partial charge in [-0.15, -0.1) is 0 Å². The lowest BCUT2D eigenvalue weighted by Crippen LogP contribution is -2.13. The Labute approximate surface area is 104 Å². The Bertz CT molecular complexity index is 678. The molecule has 96 valence electrons. The number of hydrogen-bond donors (Lipinski definition) is 2. The first-order valence-corrected chi connectivity index (χ1v) is 6.56. The average Bonchev–Trinajstić information content (AvgIpc) is 2.77. The Morgan fingerprint density at radius 1 is 1.39 bits per heavy atom. The van der Waals surface area contributed by atoms with Gasteiger partial charge in [0.25, 0.3) is 15.2 Å². The van der Waals surface area contributed by atoms with Gasteiger partial charge in [-0.1, -0.05) is 11.6 Å². The van der Waals surface area contributed by atoms with Gasteiger partial charge in [-0.2, -0.15) is 10.1 Å². The van der Waals surface area contributed by atoms with Crippen molar-refractivity contribution in [1.82, 2.24) is 15.2 Å². The molecule has 0 spiro atoms. The predicted molar refractivity (Wildman–Crippen MR) is 64.5 cm³/mol. The molecule has 7 nitrogen and oxygen atoms in total. The molecule has 1 heterocycles. The first kappa shape index (κ1) is 12.5. The number of benzene rings is 1. The fourth-order valence-corrected chi connectivity index (χ4v) is 1.88. The zero-order valence-electron chi connectivity index (χ0n) is 9.84. The third kappa shape index (κ3) is 2.34. The second kappa shape index (κ2) is 4.39. The standard InChI is InChI=1S/C10H12N4O3S/c1-6-3-4-8(17-2)7(5-6)9-12-10(14-13-9)18(11,15)16/h3-5H,1-2H3,(H2,11,15,16)(H,12,13,14). The zero-order chi connectivity index (χ0) is 13.3. The van der Waals surface area contributed by atoms with Crippen molar-refractivity contribution in [1.29, 1.82) is 0 Å². The monoisotopic (exact) mass is 268 g/mol. The van der Waals surface area contributed by atoms with Crippen molar-refractivity contribution in [2.45, 2.75) is 12.1 Å². The predicted octanol–water partition coefficient (Wildman–Crippen LogP) is 0.436. The average molecular weight is 268 g/mol. The summed E-state index contributed by atoms with van der Waals surface area (Å²) >= 11 is 0. The summed E-state index contributed by atoms with van der Waals surface area (Å²) in [5, 5.41) is 10.7. The first-order chi connectivity index (χ1) is 8.41. The summed E-state index contributed by atoms with van der Waals surface area (Å²) in [6.45, 7) is 1.90. The van der Waals surface area contributed by atoms with E-state index in [0.717, 1.165) is 5.56 Å². The molecule has 0 aliphatic rings. The normalized spacial score (nSPS) is 11.5. The Kier molecular flexibility index (Phi) is 3.05. The van der Waals surface area contributed by atoms with Crippen LogP contribution in [0, 0.1) is 6.92 Å². The lowest BCUT2D eigenvalue weighted by Gasteiger charge is -2.05. The number of ether oxygens (including phenoxy) is 1. The number of sulfonamides is 1. The van der Waals surface area contributed by atoms with Gasteiger partial charge in [-0.05, 0) is 19.1 Å². The van der Waals surface area contributed by atoms with Crippen LogP contribution in [-0.2, 0) is 10.0 Å². The number of aromatic nitrogens is 3. The molecule has 8 heteroatoms. The van der Waals surface area contributed by atoms with Crippen molar-refractivity contribution in [2.75, 3.05) is 7.11 Å². The summed E-state index contributed by atoms with van der Waals surface area (Å²) in [6.07, 6.45) is 0. The Morgan fingerprint density at radius 2 is 2.11 bits per heavy atom. The van der Waals surface area contributed by atoms with E-state index in [-0.39, 0.29) is 11.0 Å². The fourth-order valence-electron chi connectivity index (χ4n) is 1.49. The molecule has 18 heavy (non-hydrogen) atoms. The van der Waals surface area contributed by atoms with Crippen LogP contribution in [0.4, 0.5) is 0 Å². The van der Waals surface area contributed by atoms with Crippen LogP contribution >= 0.6 is 0 Å². The van der Waals surface area contributed by atoms with Crippen molar-refractivity contribution in [2.24, 2.45) is 5.14 Å². The highest BCUT2D eigenvalue weighted by atomic mass is 32.2. The lowest BCUT2D eigenvalue weighted by atomic mass is 10.1. The number of nitrogens with two attached hydrogens (primary N) is 1. The molecule has 2 rings (SSSR count). The number of aromatic amines is 1. The third-order valence-electron chi connectivity index (χ3n) is 2.33. The fraction of sp³-hybridized carbons (Fsp3) is 0.200. The minimum absolute atomic E-state index is 0.222. The number of nitrogens with zero attached hydrogens (tertiary/aromatic N) is 2. The molecule has 0 atom stereocenters. The van der Waals surface area contributed by atoms with Crippen molar-refractivity contribution < 1.29 is 13.2 Å². The van der Waals surface area contributed by atoms with E-state index >= 15 is 0 Å². The molecule has 1 aromatic heterocycles. The number of primary sulfonamides is 1. The molecule has 1 aromatic carbocycles. The molecule has 0 radical (unpaired) electrons. The van der Waals surface area contributed by atoms with Gasteiger partial charge in [0.05, 0.1) is 12.7 Å². The number of hydrogen-bond acceptors (Lipinski definition) is 5. The van der Waals surface area contributed by atoms with E-state index < -0.39 is 10.0 Å². The van der Waals surface area contributed by atoms with Gasteiger partial charge in [-0.25, -0.2) is 18.7 Å². The topological polar surface area (TPSA) is 111 Å². The molecular weight excluding hydrogens is 256 g/mol. The maximum Gasteiger partial charge on any atom is 0.273 e. The Balaban J connectivity index is 2.55. The highest BCUT2D eigenvalue weighted by molar-refractivity contribution is 7.89. The van der Waals surface area contributed by atoms with Crippen molar-refractivity contribution >= 4 is 10.0 Å². The lowest BCUT2D eigenvalue weighted by molar-refractivity contribution is 0.416. The summed E-state index contributed by atoms with van der Waals surface area (Å²) < 4.78 is 27.4. The number of nitrogens with one attached hydrogen (secondary N) is 1. The van der Waals surface area contributed by atoms with Crippen molar-refractivity contribution in [3.8, 4) is 17.1 Å². The number of aryl methyl sites for hydroxylation is 1. The van der Waals surface area contributed by atoms with E-state index in [4.69, 9.17) is 9.88 Å². The second-order valence-corrected chi connectivity index (χ2v) is 5.19. The molecule has 3 N–H and O–H groups in total. The quantitative estimate of drug-likeness (QED) is 0.838. The van der Waals surface area contributed by atoms with E-state index in [1.54, 1.807) is 12.1 Å². The molecule has 0 unspecified atom stereocenters. The summed E-state index contributed by atoms with van der Waals surface area (Å²) in [7, 11) is -2.37. The molecular formula is C10H12N4O3S. The summed E-state index contributed by atoms with van der Waals surface area (Å²) in [5.41, 5.74) is 1.58. The minimum atomic E-state index is -3.89. The molecule has 0 saturated carbocycles. The molecule has 0 aliphatic carbocycles. The Morgan fingerprint density at radius 3 is 2.67 bits per heavy atom. The Hall–Kier alpha value is -1.93. The van der Waals surface area contributed by atoms with E-state index in [0.29, 0.717) is 11.3 Å². The van der Waals surface area contributed by atoms with Crippen LogP contribution in [0.3, 0.4) is 0 Å². The summed E-state index contributed by atoms with van der Waals surface area (Å²) in [6, 6.07) is 5.43. The highest BCUT2D eigenvalue weighted by Gasteiger charge is 2.17. The molecule has 0 bridgehead atoms. The maximum absolute atomic E-state index is 11.1. The molecule has 0 aliphatic heterocycles. The largest absolute Gasteiger partial charge is 0.496 e. The van der Waals surface area contributed by atoms with Crippen molar-refractivity contribution in [3.63, 3.8) is 0 Å². The number of methoxy groups -OCH3 is 1. The van der Waals surface area contributed by atoms with Gasteiger partial charge >= 0.3 is 0 Å². The van der Waals surface area contributed by atoms with E-state index in [2.05, 4.69) is 15.2 Å². The maximum atomic E-state index is 11.1. The number of rotatable bonds is 3. The molecule has 0 fully saturated rings. The van der Waals surface area contributed by atoms with Crippen LogP contribution in [-0.4, -0.2) is 30.7 Å². The first-order valence-electron chi connectivity index (χ1n) is 5.02. The molecule has 0 amide bonds. The van der Waals surface area contributed by atoms with Gasteiger partial charge < -0.3 is 4.74 Å². The van der Waals surface area contributed by atoms with Crippen LogP contribution in [0.15, 0.2) is 23.4 Å². The smallest absolute Gasteiger partial charge is 0.273 e. The summed E-state index contributed by atoms with van der Waals surface area (Å²) in [5.74, 6) is 0.778. The molecule has 0 saturated heterocycles.